The summed E-state index contributed by atoms with van der Waals surface area (Å²) in [6, 6.07) is 0. The Kier molecular flexibility index (Phi) is 1.98. The van der Waals surface area contributed by atoms with Crippen LogP contribution in [0.1, 0.15) is 37.2 Å². The minimum absolute atomic E-state index is 0.982. The van der Waals surface area contributed by atoms with Crippen molar-refractivity contribution in [3.8, 4) is 0 Å². The fourth-order valence-corrected chi connectivity index (χ4v) is 2.11. The summed E-state index contributed by atoms with van der Waals surface area (Å²) in [5, 5.41) is 4.57. The Hall–Kier alpha value is -1.05. The van der Waals surface area contributed by atoms with Crippen LogP contribution in [0.25, 0.3) is 5.57 Å². The Labute approximate surface area is 79.3 Å². The van der Waals surface area contributed by atoms with Crippen LogP contribution in [0, 0.1) is 0 Å². The Balaban J connectivity index is 2.54. The van der Waals surface area contributed by atoms with Gasteiger partial charge in [-0.05, 0) is 38.7 Å². The molecule has 0 saturated carbocycles. The van der Waals surface area contributed by atoms with Crippen molar-refractivity contribution in [2.24, 2.45) is 0 Å². The number of hydrogen-bond acceptors (Lipinski definition) is 1. The molecule has 0 saturated heterocycles. The van der Waals surface area contributed by atoms with Crippen molar-refractivity contribution in [2.75, 3.05) is 0 Å². The molecule has 2 rings (SSSR count). The Morgan fingerprint density at radius 2 is 2.31 bits per heavy atom. The lowest BCUT2D eigenvalue weighted by molar-refractivity contribution is 0.619. The van der Waals surface area contributed by atoms with Crippen LogP contribution < -0.4 is 0 Å². The normalized spacial score (nSPS) is 14.6. The second-order valence-corrected chi connectivity index (χ2v) is 3.72. The maximum absolute atomic E-state index is 4.57. The topological polar surface area (TPSA) is 17.8 Å². The summed E-state index contributed by atoms with van der Waals surface area (Å²) < 4.78 is 2.13. The molecule has 0 aromatic carbocycles. The van der Waals surface area contributed by atoms with Gasteiger partial charge < -0.3 is 0 Å². The first-order valence-electron chi connectivity index (χ1n) is 4.98. The molecule has 0 amide bonds. The van der Waals surface area contributed by atoms with Gasteiger partial charge in [-0.1, -0.05) is 6.58 Å². The van der Waals surface area contributed by atoms with Crippen LogP contribution in [0.3, 0.4) is 0 Å². The van der Waals surface area contributed by atoms with Crippen LogP contribution >= 0.6 is 0 Å². The summed E-state index contributed by atoms with van der Waals surface area (Å²) in [5.41, 5.74) is 5.15. The quantitative estimate of drug-likeness (QED) is 0.676. The summed E-state index contributed by atoms with van der Waals surface area (Å²) in [4.78, 5) is 0. The number of rotatable bonds is 2. The van der Waals surface area contributed by atoms with Gasteiger partial charge in [-0.3, -0.25) is 4.68 Å². The molecule has 1 aliphatic carbocycles. The molecule has 0 N–H and O–H groups in total. The summed E-state index contributed by atoms with van der Waals surface area (Å²) in [6.45, 7) is 9.15. The highest BCUT2D eigenvalue weighted by molar-refractivity contribution is 5.62. The Morgan fingerprint density at radius 1 is 1.54 bits per heavy atom. The summed E-state index contributed by atoms with van der Waals surface area (Å²) in [7, 11) is 0. The molecule has 0 fully saturated rings. The van der Waals surface area contributed by atoms with Crippen molar-refractivity contribution in [2.45, 2.75) is 39.7 Å². The third-order valence-corrected chi connectivity index (χ3v) is 2.71. The second kappa shape index (κ2) is 3.02. The van der Waals surface area contributed by atoms with Crippen molar-refractivity contribution in [1.29, 1.82) is 0 Å². The fourth-order valence-electron chi connectivity index (χ4n) is 2.11. The molecule has 0 bridgehead atoms. The first-order valence-corrected chi connectivity index (χ1v) is 4.98. The van der Waals surface area contributed by atoms with Gasteiger partial charge in [0, 0.05) is 17.8 Å². The van der Waals surface area contributed by atoms with Crippen molar-refractivity contribution in [3.05, 3.63) is 23.5 Å². The van der Waals surface area contributed by atoms with Crippen LogP contribution in [0.4, 0.5) is 0 Å². The molecule has 0 radical (unpaired) electrons. The Morgan fingerprint density at radius 3 is 2.92 bits per heavy atom. The largest absolute Gasteiger partial charge is 0.269 e. The van der Waals surface area contributed by atoms with Crippen molar-refractivity contribution >= 4 is 5.57 Å². The predicted octanol–water partition coefficient (Wildman–Crippen LogP) is 2.42. The standard InChI is InChI=1S/C11H16N2/c1-4-13-10-7-5-6-9(10)11(12-13)8(2)3/h2,4-7H2,1,3H3. The minimum atomic E-state index is 0.982. The van der Waals surface area contributed by atoms with E-state index in [4.69, 9.17) is 0 Å². The van der Waals surface area contributed by atoms with Gasteiger partial charge in [-0.25, -0.2) is 0 Å². The van der Waals surface area contributed by atoms with Crippen LogP contribution in [-0.2, 0) is 19.4 Å². The van der Waals surface area contributed by atoms with Gasteiger partial charge in [-0.2, -0.15) is 5.10 Å². The lowest BCUT2D eigenvalue weighted by Crippen LogP contribution is -2.01. The van der Waals surface area contributed by atoms with Gasteiger partial charge >= 0.3 is 0 Å². The van der Waals surface area contributed by atoms with Crippen LogP contribution in [-0.4, -0.2) is 9.78 Å². The smallest absolute Gasteiger partial charge is 0.0908 e. The average Bonchev–Trinajstić information content (AvgIpc) is 2.61. The second-order valence-electron chi connectivity index (χ2n) is 3.72. The van der Waals surface area contributed by atoms with Gasteiger partial charge in [0.05, 0.1) is 5.69 Å². The van der Waals surface area contributed by atoms with E-state index in [1.54, 1.807) is 0 Å². The van der Waals surface area contributed by atoms with Gasteiger partial charge in [-0.15, -0.1) is 0 Å². The van der Waals surface area contributed by atoms with E-state index in [0.29, 0.717) is 0 Å². The van der Waals surface area contributed by atoms with E-state index in [9.17, 15) is 0 Å². The van der Waals surface area contributed by atoms with E-state index in [1.807, 2.05) is 6.92 Å². The van der Waals surface area contributed by atoms with E-state index < -0.39 is 0 Å². The summed E-state index contributed by atoms with van der Waals surface area (Å²) >= 11 is 0. The molecular formula is C11H16N2. The maximum Gasteiger partial charge on any atom is 0.0908 e. The van der Waals surface area contributed by atoms with Gasteiger partial charge in [0.15, 0.2) is 0 Å². The maximum atomic E-state index is 4.57. The van der Waals surface area contributed by atoms with Crippen molar-refractivity contribution in [1.82, 2.24) is 9.78 Å². The highest BCUT2D eigenvalue weighted by atomic mass is 15.3. The molecule has 13 heavy (non-hydrogen) atoms. The molecule has 2 heteroatoms. The average molecular weight is 176 g/mol. The summed E-state index contributed by atoms with van der Waals surface area (Å²) in [6.07, 6.45) is 3.68. The highest BCUT2D eigenvalue weighted by Crippen LogP contribution is 2.28. The molecule has 0 unspecified atom stereocenters. The van der Waals surface area contributed by atoms with Crippen molar-refractivity contribution in [3.63, 3.8) is 0 Å². The lowest BCUT2D eigenvalue weighted by Gasteiger charge is -1.99. The molecular weight excluding hydrogens is 160 g/mol. The SMILES string of the molecule is C=C(C)c1nn(CC)c2c1CCC2. The molecule has 1 heterocycles. The summed E-state index contributed by atoms with van der Waals surface area (Å²) in [5.74, 6) is 0. The number of hydrogen-bond donors (Lipinski definition) is 0. The zero-order valence-electron chi connectivity index (χ0n) is 8.43. The molecule has 0 aliphatic heterocycles. The van der Waals surface area contributed by atoms with E-state index >= 15 is 0 Å². The molecule has 1 aromatic rings. The molecule has 70 valence electrons. The number of aromatic nitrogens is 2. The Bertz CT molecular complexity index is 347. The molecule has 2 nitrogen and oxygen atoms in total. The monoisotopic (exact) mass is 176 g/mol. The van der Waals surface area contributed by atoms with Gasteiger partial charge in [0.2, 0.25) is 0 Å². The molecule has 1 aliphatic rings. The zero-order chi connectivity index (χ0) is 9.42. The number of nitrogens with zero attached hydrogens (tertiary/aromatic N) is 2. The van der Waals surface area contributed by atoms with E-state index in [0.717, 1.165) is 17.8 Å². The highest BCUT2D eigenvalue weighted by Gasteiger charge is 2.21. The molecule has 0 atom stereocenters. The third kappa shape index (κ3) is 1.21. The number of fused-ring (bicyclic) bond motifs is 1. The van der Waals surface area contributed by atoms with Crippen LogP contribution in [0.5, 0.6) is 0 Å². The van der Waals surface area contributed by atoms with E-state index in [-0.39, 0.29) is 0 Å². The third-order valence-electron chi connectivity index (χ3n) is 2.71. The first kappa shape index (κ1) is 8.54. The molecule has 0 spiro atoms. The van der Waals surface area contributed by atoms with Gasteiger partial charge in [0.1, 0.15) is 0 Å². The fraction of sp³-hybridized carbons (Fsp3) is 0.545. The first-order chi connectivity index (χ1) is 6.24. The van der Waals surface area contributed by atoms with Crippen molar-refractivity contribution < 1.29 is 0 Å². The number of aryl methyl sites for hydroxylation is 1. The van der Waals surface area contributed by atoms with E-state index in [2.05, 4.69) is 23.3 Å². The molecule has 1 aromatic heterocycles. The minimum Gasteiger partial charge on any atom is -0.269 e. The van der Waals surface area contributed by atoms with Gasteiger partial charge in [0.25, 0.3) is 0 Å². The predicted molar refractivity (Wildman–Crippen MR) is 54.6 cm³/mol. The van der Waals surface area contributed by atoms with Crippen LogP contribution in [0.2, 0.25) is 0 Å². The van der Waals surface area contributed by atoms with E-state index in [1.165, 1.54) is 30.5 Å². The number of allylic oxidation sites excluding steroid dienone is 1. The lowest BCUT2D eigenvalue weighted by atomic mass is 10.1. The zero-order valence-corrected chi connectivity index (χ0v) is 8.43. The van der Waals surface area contributed by atoms with Crippen LogP contribution in [0.15, 0.2) is 6.58 Å².